The van der Waals surface area contributed by atoms with Crippen molar-refractivity contribution in [2.75, 3.05) is 0 Å². The summed E-state index contributed by atoms with van der Waals surface area (Å²) in [6, 6.07) is 58.4. The fraction of sp³-hybridized carbons (Fsp3) is 0.0488. The lowest BCUT2D eigenvalue weighted by molar-refractivity contribution is -0.140. The predicted molar refractivity (Wildman–Crippen MR) is 185 cm³/mol. The molecule has 0 radical (unpaired) electrons. The van der Waals surface area contributed by atoms with E-state index < -0.39 is 7.92 Å². The number of rotatable bonds is 10. The Morgan fingerprint density at radius 3 is 1.68 bits per heavy atom. The molecule has 3 heteroatoms. The highest BCUT2D eigenvalue weighted by atomic mass is 31.1. The molecule has 6 aromatic rings. The number of hydrogen-bond acceptors (Lipinski definition) is 2. The summed E-state index contributed by atoms with van der Waals surface area (Å²) in [5.41, 5.74) is 5.93. The van der Waals surface area contributed by atoms with Gasteiger partial charge < -0.3 is 4.74 Å². The third-order valence-electron chi connectivity index (χ3n) is 7.48. The van der Waals surface area contributed by atoms with E-state index in [9.17, 15) is 4.79 Å². The molecule has 0 atom stereocenters. The van der Waals surface area contributed by atoms with Crippen LogP contribution in [0.3, 0.4) is 0 Å². The van der Waals surface area contributed by atoms with E-state index in [1.54, 1.807) is 0 Å². The van der Waals surface area contributed by atoms with Crippen molar-refractivity contribution in [3.05, 3.63) is 192 Å². The van der Waals surface area contributed by atoms with E-state index in [4.69, 9.17) is 4.74 Å². The van der Waals surface area contributed by atoms with E-state index in [1.165, 1.54) is 21.5 Å². The van der Waals surface area contributed by atoms with E-state index in [0.717, 1.165) is 22.3 Å². The van der Waals surface area contributed by atoms with Crippen LogP contribution in [0.5, 0.6) is 0 Å². The van der Waals surface area contributed by atoms with E-state index in [0.29, 0.717) is 12.0 Å². The van der Waals surface area contributed by atoms with Gasteiger partial charge in [0.25, 0.3) is 0 Å². The molecule has 6 rings (SSSR count). The predicted octanol–water partition coefficient (Wildman–Crippen LogP) is 8.48. The van der Waals surface area contributed by atoms with Gasteiger partial charge in [0, 0.05) is 12.0 Å². The third kappa shape index (κ3) is 7.11. The molecule has 0 aromatic heterocycles. The van der Waals surface area contributed by atoms with Gasteiger partial charge in [0.15, 0.2) is 0 Å². The maximum absolute atomic E-state index is 13.6. The van der Waals surface area contributed by atoms with Gasteiger partial charge in [-0.05, 0) is 57.7 Å². The Hall–Kier alpha value is -5.04. The first-order chi connectivity index (χ1) is 21.8. The van der Waals surface area contributed by atoms with Crippen LogP contribution in [0, 0.1) is 0 Å². The molecular weight excluding hydrogens is 555 g/mol. The van der Waals surface area contributed by atoms with Gasteiger partial charge in [-0.2, -0.15) is 0 Å². The van der Waals surface area contributed by atoms with Crippen molar-refractivity contribution in [2.24, 2.45) is 0 Å². The Balaban J connectivity index is 1.40. The van der Waals surface area contributed by atoms with E-state index in [1.807, 2.05) is 72.8 Å². The van der Waals surface area contributed by atoms with Crippen LogP contribution in [-0.4, -0.2) is 5.97 Å². The number of carbonyl (C=O) groups is 1. The summed E-state index contributed by atoms with van der Waals surface area (Å²) in [7, 11) is -0.813. The van der Waals surface area contributed by atoms with Crippen molar-refractivity contribution in [1.29, 1.82) is 0 Å². The SMILES string of the molecule is O=C(OCc1ccccc1)/C(=C/c1ccccc1)Cc1ccccc1-c1ccccc1P(c1ccccc1)c1ccccc1. The molecule has 0 amide bonds. The maximum Gasteiger partial charge on any atom is 0.334 e. The molecule has 214 valence electrons. The quantitative estimate of drug-likeness (QED) is 0.0912. The fourth-order valence-electron chi connectivity index (χ4n) is 5.37. The van der Waals surface area contributed by atoms with E-state index >= 15 is 0 Å². The van der Waals surface area contributed by atoms with Crippen LogP contribution in [0.4, 0.5) is 0 Å². The number of esters is 1. The lowest BCUT2D eigenvalue weighted by Gasteiger charge is -2.23. The zero-order chi connectivity index (χ0) is 30.0. The molecule has 0 aliphatic rings. The van der Waals surface area contributed by atoms with Gasteiger partial charge in [0.1, 0.15) is 6.61 Å². The van der Waals surface area contributed by atoms with Gasteiger partial charge in [0.2, 0.25) is 0 Å². The van der Waals surface area contributed by atoms with Gasteiger partial charge in [-0.1, -0.05) is 170 Å². The van der Waals surface area contributed by atoms with Crippen molar-refractivity contribution in [3.63, 3.8) is 0 Å². The second-order valence-corrected chi connectivity index (χ2v) is 12.7. The lowest BCUT2D eigenvalue weighted by atomic mass is 9.94. The molecule has 2 nitrogen and oxygen atoms in total. The van der Waals surface area contributed by atoms with Crippen LogP contribution >= 0.6 is 7.92 Å². The normalized spacial score (nSPS) is 11.3. The maximum atomic E-state index is 13.6. The topological polar surface area (TPSA) is 26.3 Å². The third-order valence-corrected chi connectivity index (χ3v) is 9.98. The monoisotopic (exact) mass is 588 g/mol. The van der Waals surface area contributed by atoms with Crippen molar-refractivity contribution in [3.8, 4) is 11.1 Å². The summed E-state index contributed by atoms with van der Waals surface area (Å²) in [5, 5.41) is 3.88. The van der Waals surface area contributed by atoms with E-state index in [2.05, 4.69) is 103 Å². The van der Waals surface area contributed by atoms with Crippen molar-refractivity contribution >= 4 is 35.9 Å². The van der Waals surface area contributed by atoms with Crippen molar-refractivity contribution in [2.45, 2.75) is 13.0 Å². The van der Waals surface area contributed by atoms with Gasteiger partial charge in [-0.3, -0.25) is 0 Å². The highest BCUT2D eigenvalue weighted by molar-refractivity contribution is 7.80. The summed E-state index contributed by atoms with van der Waals surface area (Å²) in [6.45, 7) is 0.231. The summed E-state index contributed by atoms with van der Waals surface area (Å²) < 4.78 is 5.85. The molecule has 0 saturated carbocycles. The van der Waals surface area contributed by atoms with Crippen LogP contribution in [0.2, 0.25) is 0 Å². The minimum Gasteiger partial charge on any atom is -0.457 e. The molecule has 0 spiro atoms. The minimum absolute atomic E-state index is 0.231. The molecule has 0 saturated heterocycles. The molecular formula is C41H33O2P. The van der Waals surface area contributed by atoms with Gasteiger partial charge in [0.05, 0.1) is 0 Å². The zero-order valence-corrected chi connectivity index (χ0v) is 25.3. The highest BCUT2D eigenvalue weighted by Gasteiger charge is 2.22. The molecule has 0 fully saturated rings. The van der Waals surface area contributed by atoms with Crippen LogP contribution < -0.4 is 15.9 Å². The van der Waals surface area contributed by atoms with Gasteiger partial charge in [-0.25, -0.2) is 4.79 Å². The number of benzene rings is 6. The Morgan fingerprint density at radius 2 is 1.05 bits per heavy atom. The van der Waals surface area contributed by atoms with E-state index in [-0.39, 0.29) is 12.6 Å². The minimum atomic E-state index is -0.813. The Morgan fingerprint density at radius 1 is 0.545 bits per heavy atom. The fourth-order valence-corrected chi connectivity index (χ4v) is 7.83. The number of carbonyl (C=O) groups excluding carboxylic acids is 1. The summed E-state index contributed by atoms with van der Waals surface area (Å²) in [6.07, 6.45) is 2.40. The molecule has 0 aliphatic heterocycles. The molecule has 0 unspecified atom stereocenters. The summed E-state index contributed by atoms with van der Waals surface area (Å²) in [5.74, 6) is -0.309. The number of ether oxygens (including phenoxy) is 1. The first-order valence-corrected chi connectivity index (χ1v) is 16.1. The van der Waals surface area contributed by atoms with Crippen LogP contribution in [0.25, 0.3) is 17.2 Å². The summed E-state index contributed by atoms with van der Waals surface area (Å²) in [4.78, 5) is 13.6. The largest absolute Gasteiger partial charge is 0.457 e. The molecule has 0 bridgehead atoms. The second kappa shape index (κ2) is 14.4. The molecule has 0 aliphatic carbocycles. The molecule has 0 heterocycles. The Kier molecular flexibility index (Phi) is 9.52. The van der Waals surface area contributed by atoms with Crippen LogP contribution in [-0.2, 0) is 22.6 Å². The molecule has 44 heavy (non-hydrogen) atoms. The lowest BCUT2D eigenvalue weighted by Crippen LogP contribution is -2.22. The highest BCUT2D eigenvalue weighted by Crippen LogP contribution is 2.38. The van der Waals surface area contributed by atoms with Crippen molar-refractivity contribution in [1.82, 2.24) is 0 Å². The van der Waals surface area contributed by atoms with Crippen LogP contribution in [0.1, 0.15) is 16.7 Å². The van der Waals surface area contributed by atoms with Crippen LogP contribution in [0.15, 0.2) is 175 Å². The molecule has 0 N–H and O–H groups in total. The summed E-state index contributed by atoms with van der Waals surface area (Å²) >= 11 is 0. The smallest absolute Gasteiger partial charge is 0.334 e. The van der Waals surface area contributed by atoms with Crippen molar-refractivity contribution < 1.29 is 9.53 Å². The number of hydrogen-bond donors (Lipinski definition) is 0. The average molecular weight is 589 g/mol. The van der Waals surface area contributed by atoms with Gasteiger partial charge in [-0.15, -0.1) is 0 Å². The second-order valence-electron chi connectivity index (χ2n) is 10.5. The zero-order valence-electron chi connectivity index (χ0n) is 24.4. The Bertz CT molecular complexity index is 1790. The molecule has 6 aromatic carbocycles. The standard InChI is InChI=1S/C41H33O2P/c42-41(43-31-33-19-7-2-8-20-33)35(29-32-17-5-1-6-18-32)30-34-21-13-14-26-38(34)39-27-15-16-28-40(39)44(36-22-9-3-10-23-36)37-24-11-4-12-25-37/h1-29H,30-31H2/b35-29+. The Labute approximate surface area is 261 Å². The van der Waals surface area contributed by atoms with Gasteiger partial charge >= 0.3 is 5.97 Å². The average Bonchev–Trinajstić information content (AvgIpc) is 3.09. The first-order valence-electron chi connectivity index (χ1n) is 14.8. The first kappa shape index (κ1) is 29.1.